The molecule has 6 nitrogen and oxygen atoms in total. The van der Waals surface area contributed by atoms with Crippen LogP contribution in [0.4, 0.5) is 4.79 Å². The average molecular weight is 316 g/mol. The highest BCUT2D eigenvalue weighted by Gasteiger charge is 2.31. The van der Waals surface area contributed by atoms with E-state index in [4.69, 9.17) is 21.4 Å². The van der Waals surface area contributed by atoms with E-state index in [0.29, 0.717) is 10.6 Å². The smallest absolute Gasteiger partial charge is 0.408 e. The predicted octanol–water partition coefficient (Wildman–Crippen LogP) is 2.35. The Morgan fingerprint density at radius 3 is 2.19 bits per heavy atom. The van der Waals surface area contributed by atoms with Gasteiger partial charge in [-0.2, -0.15) is 0 Å². The maximum absolute atomic E-state index is 11.6. The highest BCUT2D eigenvalue weighted by Crippen LogP contribution is 2.20. The molecule has 0 aliphatic heterocycles. The number of ether oxygens (including phenoxy) is 1. The van der Waals surface area contributed by atoms with Crippen molar-refractivity contribution < 1.29 is 24.5 Å². The van der Waals surface area contributed by atoms with Crippen molar-refractivity contribution in [2.45, 2.75) is 38.5 Å². The molecule has 0 aliphatic carbocycles. The van der Waals surface area contributed by atoms with Crippen LogP contribution in [0.1, 0.15) is 32.4 Å². The molecule has 0 aliphatic rings. The SMILES string of the molecule is CC(C)(C)OC(=O)N[C@@H](C(=O)O)[C@@H](O)c1ccc(Cl)cc1. The van der Waals surface area contributed by atoms with Gasteiger partial charge in [0.25, 0.3) is 0 Å². The second-order valence-electron chi connectivity index (χ2n) is 5.46. The normalized spacial score (nSPS) is 14.1. The Bertz CT molecular complexity index is 509. The summed E-state index contributed by atoms with van der Waals surface area (Å²) in [6.45, 7) is 4.95. The second kappa shape index (κ2) is 6.78. The van der Waals surface area contributed by atoms with Crippen LogP contribution in [0.3, 0.4) is 0 Å². The van der Waals surface area contributed by atoms with Crippen LogP contribution in [0.2, 0.25) is 5.02 Å². The Morgan fingerprint density at radius 1 is 1.24 bits per heavy atom. The lowest BCUT2D eigenvalue weighted by Gasteiger charge is -2.24. The van der Waals surface area contributed by atoms with Crippen molar-refractivity contribution >= 4 is 23.7 Å². The van der Waals surface area contributed by atoms with Crippen LogP contribution in [0.25, 0.3) is 0 Å². The largest absolute Gasteiger partial charge is 0.480 e. The molecule has 2 atom stereocenters. The number of carbonyl (C=O) groups is 2. The van der Waals surface area contributed by atoms with E-state index in [2.05, 4.69) is 5.32 Å². The number of nitrogens with one attached hydrogen (secondary N) is 1. The zero-order valence-corrected chi connectivity index (χ0v) is 12.7. The topological polar surface area (TPSA) is 95.9 Å². The van der Waals surface area contributed by atoms with E-state index in [-0.39, 0.29) is 0 Å². The van der Waals surface area contributed by atoms with Gasteiger partial charge >= 0.3 is 12.1 Å². The number of hydrogen-bond acceptors (Lipinski definition) is 4. The Balaban J connectivity index is 2.84. The Hall–Kier alpha value is -1.79. The van der Waals surface area contributed by atoms with E-state index in [1.165, 1.54) is 24.3 Å². The first-order valence-electron chi connectivity index (χ1n) is 6.26. The van der Waals surface area contributed by atoms with Crippen LogP contribution in [-0.4, -0.2) is 33.9 Å². The number of aliphatic hydroxyl groups is 1. The fourth-order valence-corrected chi connectivity index (χ4v) is 1.69. The number of alkyl carbamates (subject to hydrolysis) is 1. The first-order valence-corrected chi connectivity index (χ1v) is 6.64. The molecule has 3 N–H and O–H groups in total. The van der Waals surface area contributed by atoms with E-state index in [0.717, 1.165) is 0 Å². The minimum absolute atomic E-state index is 0.322. The molecule has 0 saturated heterocycles. The molecule has 0 fully saturated rings. The van der Waals surface area contributed by atoms with Crippen LogP contribution in [0.5, 0.6) is 0 Å². The average Bonchev–Trinajstić information content (AvgIpc) is 2.33. The van der Waals surface area contributed by atoms with Crippen molar-refractivity contribution in [2.24, 2.45) is 0 Å². The Morgan fingerprint density at radius 2 is 1.76 bits per heavy atom. The molecule has 1 rings (SSSR count). The summed E-state index contributed by atoms with van der Waals surface area (Å²) in [7, 11) is 0. The van der Waals surface area contributed by atoms with Crippen LogP contribution >= 0.6 is 11.6 Å². The fraction of sp³-hybridized carbons (Fsp3) is 0.429. The van der Waals surface area contributed by atoms with Crippen molar-refractivity contribution in [3.05, 3.63) is 34.9 Å². The molecule has 116 valence electrons. The van der Waals surface area contributed by atoms with Gasteiger partial charge in [-0.05, 0) is 38.5 Å². The summed E-state index contributed by atoms with van der Waals surface area (Å²) in [5.41, 5.74) is -0.443. The molecule has 0 heterocycles. The standard InChI is InChI=1S/C14H18ClNO5/c1-14(2,3)21-13(20)16-10(12(18)19)11(17)8-4-6-9(15)7-5-8/h4-7,10-11,17H,1-3H3,(H,16,20)(H,18,19)/t10-,11+/m1/s1. The van der Waals surface area contributed by atoms with Gasteiger partial charge in [-0.3, -0.25) is 0 Å². The maximum Gasteiger partial charge on any atom is 0.408 e. The van der Waals surface area contributed by atoms with Crippen LogP contribution < -0.4 is 5.32 Å². The van der Waals surface area contributed by atoms with Crippen molar-refractivity contribution in [1.82, 2.24) is 5.32 Å². The molecule has 0 radical (unpaired) electrons. The van der Waals surface area contributed by atoms with Gasteiger partial charge in [0, 0.05) is 5.02 Å². The van der Waals surface area contributed by atoms with Crippen molar-refractivity contribution in [3.8, 4) is 0 Å². The van der Waals surface area contributed by atoms with E-state index in [1.54, 1.807) is 20.8 Å². The number of aliphatic carboxylic acids is 1. The Kier molecular flexibility index (Phi) is 5.57. The summed E-state index contributed by atoms with van der Waals surface area (Å²) < 4.78 is 4.98. The molecule has 0 saturated carbocycles. The van der Waals surface area contributed by atoms with Gasteiger partial charge in [-0.25, -0.2) is 9.59 Å². The molecule has 21 heavy (non-hydrogen) atoms. The molecular weight excluding hydrogens is 298 g/mol. The number of carboxylic acids is 1. The summed E-state index contributed by atoms with van der Waals surface area (Å²) in [6.07, 6.45) is -2.34. The van der Waals surface area contributed by atoms with Gasteiger partial charge in [0.05, 0.1) is 0 Å². The van der Waals surface area contributed by atoms with E-state index in [1.807, 2.05) is 0 Å². The number of rotatable bonds is 4. The summed E-state index contributed by atoms with van der Waals surface area (Å²) in [4.78, 5) is 22.9. The third-order valence-corrected chi connectivity index (χ3v) is 2.72. The lowest BCUT2D eigenvalue weighted by Crippen LogP contribution is -2.46. The first kappa shape index (κ1) is 17.3. The molecule has 1 amide bonds. The monoisotopic (exact) mass is 315 g/mol. The quantitative estimate of drug-likeness (QED) is 0.792. The molecule has 1 aromatic rings. The van der Waals surface area contributed by atoms with Crippen LogP contribution in [0.15, 0.2) is 24.3 Å². The minimum Gasteiger partial charge on any atom is -0.480 e. The number of carboxylic acid groups (broad SMARTS) is 1. The lowest BCUT2D eigenvalue weighted by molar-refractivity contribution is -0.142. The number of hydrogen-bond donors (Lipinski definition) is 3. The first-order chi connectivity index (χ1) is 9.60. The molecule has 0 spiro atoms. The Labute approximate surface area is 127 Å². The van der Waals surface area contributed by atoms with Gasteiger partial charge in [-0.1, -0.05) is 23.7 Å². The molecule has 0 aromatic heterocycles. The summed E-state index contributed by atoms with van der Waals surface area (Å²) in [5, 5.41) is 21.8. The van der Waals surface area contributed by atoms with E-state index >= 15 is 0 Å². The molecule has 1 aromatic carbocycles. The summed E-state index contributed by atoms with van der Waals surface area (Å²) >= 11 is 5.73. The van der Waals surface area contributed by atoms with Crippen molar-refractivity contribution in [1.29, 1.82) is 0 Å². The second-order valence-corrected chi connectivity index (χ2v) is 5.89. The van der Waals surface area contributed by atoms with Crippen molar-refractivity contribution in [3.63, 3.8) is 0 Å². The summed E-state index contributed by atoms with van der Waals surface area (Å²) in [6, 6.07) is 4.49. The highest BCUT2D eigenvalue weighted by atomic mass is 35.5. The van der Waals surface area contributed by atoms with Crippen LogP contribution in [0, 0.1) is 0 Å². The number of halogens is 1. The lowest BCUT2D eigenvalue weighted by atomic mass is 10.0. The fourth-order valence-electron chi connectivity index (χ4n) is 1.56. The predicted molar refractivity (Wildman–Crippen MR) is 77.2 cm³/mol. The third kappa shape index (κ3) is 5.61. The molecular formula is C14H18ClNO5. The molecule has 0 unspecified atom stereocenters. The maximum atomic E-state index is 11.6. The summed E-state index contributed by atoms with van der Waals surface area (Å²) in [5.74, 6) is -1.37. The number of aliphatic hydroxyl groups excluding tert-OH is 1. The number of amides is 1. The third-order valence-electron chi connectivity index (χ3n) is 2.47. The zero-order valence-electron chi connectivity index (χ0n) is 12.0. The van der Waals surface area contributed by atoms with Crippen molar-refractivity contribution in [2.75, 3.05) is 0 Å². The van der Waals surface area contributed by atoms with Gasteiger partial charge in [0.1, 0.15) is 11.7 Å². The van der Waals surface area contributed by atoms with Gasteiger partial charge in [0.2, 0.25) is 0 Å². The highest BCUT2D eigenvalue weighted by molar-refractivity contribution is 6.30. The van der Waals surface area contributed by atoms with Gasteiger partial charge in [-0.15, -0.1) is 0 Å². The number of carbonyl (C=O) groups excluding carboxylic acids is 1. The van der Waals surface area contributed by atoms with Gasteiger partial charge in [0.15, 0.2) is 6.04 Å². The van der Waals surface area contributed by atoms with Gasteiger partial charge < -0.3 is 20.3 Å². The molecule has 7 heteroatoms. The van der Waals surface area contributed by atoms with Crippen LogP contribution in [-0.2, 0) is 9.53 Å². The van der Waals surface area contributed by atoms with E-state index < -0.39 is 29.8 Å². The van der Waals surface area contributed by atoms with E-state index in [9.17, 15) is 14.7 Å². The zero-order chi connectivity index (χ0) is 16.2. The number of benzene rings is 1. The molecule has 0 bridgehead atoms. The minimum atomic E-state index is -1.53.